The summed E-state index contributed by atoms with van der Waals surface area (Å²) in [5.74, 6) is -1.40. The molecule has 2 aromatic rings. The molecule has 10 heteroatoms. The summed E-state index contributed by atoms with van der Waals surface area (Å²) in [6.45, 7) is 2.84. The van der Waals surface area contributed by atoms with Gasteiger partial charge in [-0.25, -0.2) is 0 Å². The minimum absolute atomic E-state index is 0.0685. The SMILES string of the molecule is CC(=O)O[C@H](C)[C@]1(OB(O)c2ccccc2)CC2=C(C(=O)C=CC2=O)[C@@H](OB(O)c2ccccc2)C1. The van der Waals surface area contributed by atoms with E-state index < -0.39 is 49.6 Å². The summed E-state index contributed by atoms with van der Waals surface area (Å²) in [6.07, 6.45) is 0.167. The molecular weight excluding hydrogens is 462 g/mol. The second-order valence-corrected chi connectivity index (χ2v) is 8.92. The molecule has 0 heterocycles. The first kappa shape index (κ1) is 25.8. The number of hydrogen-bond acceptors (Lipinski definition) is 8. The van der Waals surface area contributed by atoms with Crippen molar-refractivity contribution in [2.75, 3.05) is 0 Å². The molecule has 0 aliphatic heterocycles. The van der Waals surface area contributed by atoms with Gasteiger partial charge in [-0.1, -0.05) is 60.7 Å². The van der Waals surface area contributed by atoms with Crippen LogP contribution < -0.4 is 10.9 Å². The van der Waals surface area contributed by atoms with Crippen LogP contribution in [-0.4, -0.2) is 59.6 Å². The predicted molar refractivity (Wildman–Crippen MR) is 133 cm³/mol. The molecule has 2 aliphatic carbocycles. The second-order valence-electron chi connectivity index (χ2n) is 8.92. The fraction of sp³-hybridized carbons (Fsp3) is 0.269. The van der Waals surface area contributed by atoms with Gasteiger partial charge in [-0.2, -0.15) is 0 Å². The molecule has 2 N–H and O–H groups in total. The van der Waals surface area contributed by atoms with E-state index >= 15 is 0 Å². The smallest absolute Gasteiger partial charge is 0.460 e. The van der Waals surface area contributed by atoms with Crippen LogP contribution in [0.4, 0.5) is 0 Å². The van der Waals surface area contributed by atoms with E-state index in [0.717, 1.165) is 0 Å². The monoisotopic (exact) mass is 488 g/mol. The summed E-state index contributed by atoms with van der Waals surface area (Å²) in [5.41, 5.74) is -0.264. The Morgan fingerprint density at radius 2 is 1.50 bits per heavy atom. The fourth-order valence-electron chi connectivity index (χ4n) is 4.67. The first-order chi connectivity index (χ1) is 17.2. The van der Waals surface area contributed by atoms with Gasteiger partial charge in [0, 0.05) is 30.9 Å². The van der Waals surface area contributed by atoms with E-state index in [2.05, 4.69) is 0 Å². The summed E-state index contributed by atoms with van der Waals surface area (Å²) < 4.78 is 17.6. The molecule has 2 aromatic carbocycles. The minimum atomic E-state index is -1.44. The summed E-state index contributed by atoms with van der Waals surface area (Å²) in [4.78, 5) is 37.7. The van der Waals surface area contributed by atoms with Gasteiger partial charge in [-0.15, -0.1) is 0 Å². The van der Waals surface area contributed by atoms with Crippen LogP contribution in [0.1, 0.15) is 26.7 Å². The number of hydrogen-bond donors (Lipinski definition) is 2. The van der Waals surface area contributed by atoms with Crippen LogP contribution in [0.2, 0.25) is 0 Å². The summed E-state index contributed by atoms with van der Waals surface area (Å²) in [6, 6.07) is 17.2. The Bertz CT molecular complexity index is 1200. The van der Waals surface area contributed by atoms with Crippen molar-refractivity contribution in [1.29, 1.82) is 0 Å². The van der Waals surface area contributed by atoms with Crippen molar-refractivity contribution in [3.05, 3.63) is 84.0 Å². The lowest BCUT2D eigenvalue weighted by Gasteiger charge is -2.46. The Balaban J connectivity index is 1.76. The lowest BCUT2D eigenvalue weighted by atomic mass is 9.68. The zero-order valence-electron chi connectivity index (χ0n) is 20.0. The van der Waals surface area contributed by atoms with E-state index in [-0.39, 0.29) is 24.0 Å². The van der Waals surface area contributed by atoms with Crippen molar-refractivity contribution < 1.29 is 38.5 Å². The third-order valence-corrected chi connectivity index (χ3v) is 6.50. The van der Waals surface area contributed by atoms with Crippen LogP contribution >= 0.6 is 0 Å². The van der Waals surface area contributed by atoms with Crippen LogP contribution in [-0.2, 0) is 28.4 Å². The van der Waals surface area contributed by atoms with E-state index in [9.17, 15) is 24.4 Å². The van der Waals surface area contributed by atoms with E-state index in [4.69, 9.17) is 14.0 Å². The number of allylic oxidation sites excluding steroid dienone is 2. The first-order valence-electron chi connectivity index (χ1n) is 11.7. The number of ketones is 2. The highest BCUT2D eigenvalue weighted by Crippen LogP contribution is 2.43. The van der Waals surface area contributed by atoms with Crippen molar-refractivity contribution in [2.45, 2.75) is 44.5 Å². The van der Waals surface area contributed by atoms with Gasteiger partial charge in [-0.3, -0.25) is 14.4 Å². The summed E-state index contributed by atoms with van der Waals surface area (Å²) >= 11 is 0. The highest BCUT2D eigenvalue weighted by molar-refractivity contribution is 6.60. The summed E-state index contributed by atoms with van der Waals surface area (Å²) in [7, 11) is -2.83. The van der Waals surface area contributed by atoms with Gasteiger partial charge in [-0.05, 0) is 30.0 Å². The standard InChI is InChI=1S/C26H26B2O8/c1-17(34-18(2)29)26(36-28(33)20-11-7-4-8-12-20)15-21-22(30)13-14-23(31)25(21)24(16-26)35-27(32)19-9-5-3-6-10-19/h3-14,17,24,32-33H,15-16H2,1-2H3/t17-,24+,26+/m1/s1. The quantitative estimate of drug-likeness (QED) is 0.316. The van der Waals surface area contributed by atoms with Crippen molar-refractivity contribution in [1.82, 2.24) is 0 Å². The molecule has 36 heavy (non-hydrogen) atoms. The molecule has 0 bridgehead atoms. The Labute approximate surface area is 209 Å². The van der Waals surface area contributed by atoms with Gasteiger partial charge < -0.3 is 24.1 Å². The number of carbonyl (C=O) groups excluding carboxylic acids is 3. The molecular formula is C26H26B2O8. The lowest BCUT2D eigenvalue weighted by molar-refractivity contribution is -0.162. The van der Waals surface area contributed by atoms with E-state index in [1.54, 1.807) is 67.6 Å². The van der Waals surface area contributed by atoms with Crippen molar-refractivity contribution >= 4 is 42.7 Å². The van der Waals surface area contributed by atoms with Gasteiger partial charge in [0.05, 0.1) is 11.7 Å². The third-order valence-electron chi connectivity index (χ3n) is 6.50. The fourth-order valence-corrected chi connectivity index (χ4v) is 4.67. The predicted octanol–water partition coefficient (Wildman–Crippen LogP) is 0.652. The maximum atomic E-state index is 12.9. The second kappa shape index (κ2) is 10.8. The van der Waals surface area contributed by atoms with Gasteiger partial charge in [0.15, 0.2) is 11.6 Å². The Morgan fingerprint density at radius 1 is 0.944 bits per heavy atom. The molecule has 0 aromatic heterocycles. The molecule has 184 valence electrons. The van der Waals surface area contributed by atoms with Crippen LogP contribution in [0.15, 0.2) is 84.0 Å². The Hall–Kier alpha value is -3.30. The molecule has 0 amide bonds. The summed E-state index contributed by atoms with van der Waals surface area (Å²) in [5, 5.41) is 21.7. The minimum Gasteiger partial charge on any atom is -0.460 e. The molecule has 0 unspecified atom stereocenters. The molecule has 4 rings (SSSR count). The average molecular weight is 488 g/mol. The van der Waals surface area contributed by atoms with Gasteiger partial charge >= 0.3 is 20.2 Å². The largest absolute Gasteiger partial charge is 0.491 e. The molecule has 2 aliphatic rings. The van der Waals surface area contributed by atoms with Gasteiger partial charge in [0.2, 0.25) is 0 Å². The maximum absolute atomic E-state index is 12.9. The zero-order valence-corrected chi connectivity index (χ0v) is 20.0. The van der Waals surface area contributed by atoms with Crippen LogP contribution in [0.3, 0.4) is 0 Å². The molecule has 0 saturated carbocycles. The number of benzene rings is 2. The van der Waals surface area contributed by atoms with Crippen molar-refractivity contribution in [3.63, 3.8) is 0 Å². The van der Waals surface area contributed by atoms with E-state index in [1.165, 1.54) is 19.1 Å². The van der Waals surface area contributed by atoms with Gasteiger partial charge in [0.25, 0.3) is 0 Å². The average Bonchev–Trinajstić information content (AvgIpc) is 2.86. The number of rotatable bonds is 8. The molecule has 3 atom stereocenters. The van der Waals surface area contributed by atoms with Crippen LogP contribution in [0.25, 0.3) is 0 Å². The topological polar surface area (TPSA) is 119 Å². The van der Waals surface area contributed by atoms with E-state index in [1.807, 2.05) is 0 Å². The van der Waals surface area contributed by atoms with E-state index in [0.29, 0.717) is 10.9 Å². The van der Waals surface area contributed by atoms with Crippen molar-refractivity contribution in [3.8, 4) is 0 Å². The van der Waals surface area contributed by atoms with Crippen LogP contribution in [0.5, 0.6) is 0 Å². The third kappa shape index (κ3) is 5.42. The molecule has 0 saturated heterocycles. The maximum Gasteiger partial charge on any atom is 0.491 e. The van der Waals surface area contributed by atoms with Crippen molar-refractivity contribution in [2.24, 2.45) is 0 Å². The molecule has 0 radical (unpaired) electrons. The van der Waals surface area contributed by atoms with Gasteiger partial charge in [0.1, 0.15) is 6.10 Å². The lowest BCUT2D eigenvalue weighted by Crippen LogP contribution is -2.58. The zero-order chi connectivity index (χ0) is 25.9. The highest BCUT2D eigenvalue weighted by atomic mass is 16.6. The molecule has 0 spiro atoms. The Kier molecular flexibility index (Phi) is 7.70. The normalized spacial score (nSPS) is 22.2. The first-order valence-corrected chi connectivity index (χ1v) is 11.7. The number of esters is 1. The molecule has 8 nitrogen and oxygen atoms in total. The Morgan fingerprint density at radius 3 is 2.08 bits per heavy atom. The number of ether oxygens (including phenoxy) is 1. The van der Waals surface area contributed by atoms with Crippen LogP contribution in [0, 0.1) is 0 Å². The molecule has 0 fully saturated rings. The highest BCUT2D eigenvalue weighted by Gasteiger charge is 2.52. The number of carbonyl (C=O) groups is 3.